The van der Waals surface area contributed by atoms with Gasteiger partial charge in [0.25, 0.3) is 5.56 Å². The zero-order chi connectivity index (χ0) is 22.4. The molecule has 0 radical (unpaired) electrons. The van der Waals surface area contributed by atoms with E-state index < -0.39 is 0 Å². The third kappa shape index (κ3) is 3.08. The Kier molecular flexibility index (Phi) is 4.46. The van der Waals surface area contributed by atoms with Crippen LogP contribution in [0.3, 0.4) is 0 Å². The van der Waals surface area contributed by atoms with E-state index in [4.69, 9.17) is 0 Å². The van der Waals surface area contributed by atoms with Gasteiger partial charge in [-0.3, -0.25) is 19.0 Å². The standard InChI is InChI=1S/C26H17N3O3/c1-28(2)19-10-12-22-21(14-19)26(32)29-23-13-17(9-11-20(23)24(31)25(29)27-22)6-3-16-4-7-18(15-30)8-5-16/h4-5,7-15H,1-2H3. The van der Waals surface area contributed by atoms with Crippen molar-refractivity contribution in [1.29, 1.82) is 0 Å². The minimum absolute atomic E-state index is 0.115. The molecule has 1 aliphatic rings. The Morgan fingerprint density at radius 3 is 2.34 bits per heavy atom. The van der Waals surface area contributed by atoms with Crippen LogP contribution >= 0.6 is 0 Å². The molecule has 6 nitrogen and oxygen atoms in total. The van der Waals surface area contributed by atoms with Gasteiger partial charge in [0.15, 0.2) is 5.82 Å². The lowest BCUT2D eigenvalue weighted by Crippen LogP contribution is -2.22. The molecule has 154 valence electrons. The van der Waals surface area contributed by atoms with Crippen LogP contribution in [-0.4, -0.2) is 35.7 Å². The van der Waals surface area contributed by atoms with Crippen LogP contribution in [0.5, 0.6) is 0 Å². The topological polar surface area (TPSA) is 72.3 Å². The average Bonchev–Trinajstić information content (AvgIpc) is 3.09. The Hall–Kier alpha value is -4.50. The highest BCUT2D eigenvalue weighted by Gasteiger charge is 2.30. The maximum atomic E-state index is 13.3. The normalized spacial score (nSPS) is 11.5. The van der Waals surface area contributed by atoms with E-state index in [0.29, 0.717) is 33.3 Å². The van der Waals surface area contributed by atoms with Gasteiger partial charge in [0.2, 0.25) is 5.78 Å². The highest BCUT2D eigenvalue weighted by atomic mass is 16.1. The molecule has 0 spiro atoms. The highest BCUT2D eigenvalue weighted by molar-refractivity contribution is 6.13. The number of rotatable bonds is 2. The molecule has 3 aromatic carbocycles. The fraction of sp³-hybridized carbons (Fsp3) is 0.0769. The summed E-state index contributed by atoms with van der Waals surface area (Å²) in [5, 5.41) is 0.451. The van der Waals surface area contributed by atoms with Crippen molar-refractivity contribution in [2.45, 2.75) is 0 Å². The van der Waals surface area contributed by atoms with Gasteiger partial charge in [-0.15, -0.1) is 0 Å². The van der Waals surface area contributed by atoms with Gasteiger partial charge in [0, 0.05) is 36.5 Å². The number of hydrogen-bond donors (Lipinski definition) is 0. The zero-order valence-corrected chi connectivity index (χ0v) is 17.4. The summed E-state index contributed by atoms with van der Waals surface area (Å²) in [6, 6.07) is 17.5. The van der Waals surface area contributed by atoms with E-state index >= 15 is 0 Å². The molecule has 1 aliphatic heterocycles. The number of anilines is 1. The van der Waals surface area contributed by atoms with Crippen LogP contribution in [0.4, 0.5) is 5.69 Å². The Morgan fingerprint density at radius 1 is 0.906 bits per heavy atom. The van der Waals surface area contributed by atoms with Crippen molar-refractivity contribution in [3.8, 4) is 17.5 Å². The Bertz CT molecular complexity index is 1550. The van der Waals surface area contributed by atoms with Crippen LogP contribution < -0.4 is 10.5 Å². The molecule has 4 aromatic rings. The van der Waals surface area contributed by atoms with Crippen LogP contribution in [0.15, 0.2) is 65.5 Å². The summed E-state index contributed by atoms with van der Waals surface area (Å²) < 4.78 is 1.38. The van der Waals surface area contributed by atoms with Crippen molar-refractivity contribution >= 4 is 28.7 Å². The fourth-order valence-electron chi connectivity index (χ4n) is 3.72. The van der Waals surface area contributed by atoms with Gasteiger partial charge >= 0.3 is 0 Å². The van der Waals surface area contributed by atoms with Crippen molar-refractivity contribution in [1.82, 2.24) is 9.55 Å². The zero-order valence-electron chi connectivity index (χ0n) is 17.4. The number of hydrogen-bond acceptors (Lipinski definition) is 5. The number of nitrogens with zero attached hydrogens (tertiary/aromatic N) is 3. The van der Waals surface area contributed by atoms with E-state index in [-0.39, 0.29) is 17.2 Å². The summed E-state index contributed by atoms with van der Waals surface area (Å²) in [7, 11) is 3.80. The lowest BCUT2D eigenvalue weighted by molar-refractivity contribution is 0.103. The van der Waals surface area contributed by atoms with Gasteiger partial charge in [-0.05, 0) is 48.5 Å². The molecule has 32 heavy (non-hydrogen) atoms. The van der Waals surface area contributed by atoms with Crippen LogP contribution in [0.2, 0.25) is 0 Å². The van der Waals surface area contributed by atoms with Gasteiger partial charge < -0.3 is 4.90 Å². The maximum Gasteiger partial charge on any atom is 0.266 e. The van der Waals surface area contributed by atoms with Crippen LogP contribution in [0.1, 0.15) is 37.7 Å². The highest BCUT2D eigenvalue weighted by Crippen LogP contribution is 2.28. The summed E-state index contributed by atoms with van der Waals surface area (Å²) in [5.41, 5.74) is 4.01. The second-order valence-electron chi connectivity index (χ2n) is 7.72. The monoisotopic (exact) mass is 419 g/mol. The predicted octanol–water partition coefficient (Wildman–Crippen LogP) is 3.21. The molecule has 0 N–H and O–H groups in total. The number of ketones is 1. The largest absolute Gasteiger partial charge is 0.378 e. The molecule has 0 fully saturated rings. The lowest BCUT2D eigenvalue weighted by Gasteiger charge is -2.13. The first-order valence-electron chi connectivity index (χ1n) is 9.97. The first-order valence-corrected chi connectivity index (χ1v) is 9.97. The molecule has 6 heteroatoms. The van der Waals surface area contributed by atoms with Crippen LogP contribution in [-0.2, 0) is 0 Å². The molecule has 0 saturated heterocycles. The van der Waals surface area contributed by atoms with E-state index in [1.807, 2.05) is 25.1 Å². The average molecular weight is 419 g/mol. The lowest BCUT2D eigenvalue weighted by atomic mass is 10.1. The van der Waals surface area contributed by atoms with Gasteiger partial charge in [0.1, 0.15) is 6.29 Å². The molecule has 0 atom stereocenters. The number of carbonyl (C=O) groups is 2. The summed E-state index contributed by atoms with van der Waals surface area (Å²) in [6.45, 7) is 0. The van der Waals surface area contributed by atoms with E-state index in [2.05, 4.69) is 16.8 Å². The van der Waals surface area contributed by atoms with E-state index in [0.717, 1.165) is 17.5 Å². The summed E-state index contributed by atoms with van der Waals surface area (Å²) in [6.07, 6.45) is 0.781. The number of fused-ring (bicyclic) bond motifs is 4. The Balaban J connectivity index is 1.63. The van der Waals surface area contributed by atoms with Crippen molar-refractivity contribution in [2.75, 3.05) is 19.0 Å². The molecule has 0 aliphatic carbocycles. The number of benzene rings is 3. The quantitative estimate of drug-likeness (QED) is 0.325. The van der Waals surface area contributed by atoms with E-state index in [9.17, 15) is 14.4 Å². The summed E-state index contributed by atoms with van der Waals surface area (Å²) >= 11 is 0. The molecule has 1 aromatic heterocycles. The third-order valence-electron chi connectivity index (χ3n) is 5.45. The Morgan fingerprint density at radius 2 is 1.62 bits per heavy atom. The van der Waals surface area contributed by atoms with Gasteiger partial charge in [-0.2, -0.15) is 0 Å². The summed E-state index contributed by atoms with van der Waals surface area (Å²) in [4.78, 5) is 43.4. The molecular weight excluding hydrogens is 402 g/mol. The number of aldehydes is 1. The second-order valence-corrected chi connectivity index (χ2v) is 7.72. The maximum absolute atomic E-state index is 13.3. The van der Waals surface area contributed by atoms with Crippen molar-refractivity contribution in [2.24, 2.45) is 0 Å². The van der Waals surface area contributed by atoms with Crippen molar-refractivity contribution in [3.63, 3.8) is 0 Å². The third-order valence-corrected chi connectivity index (χ3v) is 5.45. The SMILES string of the molecule is CN(C)c1ccc2nc3n(c(=O)c2c1)-c1cc(C#Cc2ccc(C=O)cc2)ccc1C3=O. The van der Waals surface area contributed by atoms with E-state index in [1.165, 1.54) is 4.57 Å². The molecule has 2 heterocycles. The molecule has 0 amide bonds. The van der Waals surface area contributed by atoms with Gasteiger partial charge in [0.05, 0.1) is 22.2 Å². The first-order chi connectivity index (χ1) is 15.5. The predicted molar refractivity (Wildman–Crippen MR) is 123 cm³/mol. The Labute approximate surface area is 183 Å². The van der Waals surface area contributed by atoms with Crippen molar-refractivity contribution in [3.05, 3.63) is 99.1 Å². The number of carbonyl (C=O) groups excluding carboxylic acids is 2. The molecular formula is C26H17N3O3. The molecule has 0 unspecified atom stereocenters. The first kappa shape index (κ1) is 19.5. The van der Waals surface area contributed by atoms with Gasteiger partial charge in [-0.1, -0.05) is 24.0 Å². The molecule has 0 saturated carbocycles. The smallest absolute Gasteiger partial charge is 0.266 e. The minimum Gasteiger partial charge on any atom is -0.378 e. The fourth-order valence-corrected chi connectivity index (χ4v) is 3.72. The molecule has 0 bridgehead atoms. The second kappa shape index (κ2) is 7.33. The minimum atomic E-state index is -0.282. The number of aromatic nitrogens is 2. The summed E-state index contributed by atoms with van der Waals surface area (Å²) in [5.74, 6) is 5.94. The van der Waals surface area contributed by atoms with E-state index in [1.54, 1.807) is 54.6 Å². The van der Waals surface area contributed by atoms with Gasteiger partial charge in [-0.25, -0.2) is 4.98 Å². The molecule has 5 rings (SSSR count). The van der Waals surface area contributed by atoms with Crippen LogP contribution in [0, 0.1) is 11.8 Å². The van der Waals surface area contributed by atoms with Crippen LogP contribution in [0.25, 0.3) is 16.6 Å². The van der Waals surface area contributed by atoms with Crippen molar-refractivity contribution < 1.29 is 9.59 Å².